The molecule has 0 amide bonds. The van der Waals surface area contributed by atoms with E-state index in [-0.39, 0.29) is 0 Å². The minimum absolute atomic E-state index is 0.405. The monoisotopic (exact) mass is 234 g/mol. The van der Waals surface area contributed by atoms with Crippen LogP contribution in [0.15, 0.2) is 24.3 Å². The summed E-state index contributed by atoms with van der Waals surface area (Å²) < 4.78 is 0. The third-order valence-electron chi connectivity index (χ3n) is 3.24. The Morgan fingerprint density at radius 3 is 2.94 bits per heavy atom. The fourth-order valence-electron chi connectivity index (χ4n) is 2.38. The second-order valence-electron chi connectivity index (χ2n) is 4.47. The molecule has 0 bridgehead atoms. The highest BCUT2D eigenvalue weighted by atomic mass is 16.4. The Kier molecular flexibility index (Phi) is 3.76. The van der Waals surface area contributed by atoms with Crippen LogP contribution in [0.5, 0.6) is 0 Å². The van der Waals surface area contributed by atoms with Crippen molar-refractivity contribution >= 4 is 5.97 Å². The average Bonchev–Trinajstić information content (AvgIpc) is 2.35. The molecular weight excluding hydrogens is 216 g/mol. The van der Waals surface area contributed by atoms with Crippen molar-refractivity contribution in [3.63, 3.8) is 0 Å². The first kappa shape index (κ1) is 12.1. The van der Waals surface area contributed by atoms with E-state index in [2.05, 4.69) is 4.90 Å². The minimum atomic E-state index is -0.741. The highest BCUT2D eigenvalue weighted by molar-refractivity contribution is 5.77. The van der Waals surface area contributed by atoms with Gasteiger partial charge in [-0.15, -0.1) is 0 Å². The summed E-state index contributed by atoms with van der Waals surface area (Å²) in [5.74, 6) is -1.15. The van der Waals surface area contributed by atoms with Gasteiger partial charge in [0.2, 0.25) is 0 Å². The summed E-state index contributed by atoms with van der Waals surface area (Å²) in [6.45, 7) is 2.94. The standard InChI is InChI=1S/C13H18N2O2/c14-6-3-7-15-8-10-4-1-2-5-11(10)12(9-15)13(16)17/h1-2,4-5,12H,3,6-9,14H2,(H,16,17). The van der Waals surface area contributed by atoms with Gasteiger partial charge in [-0.05, 0) is 30.6 Å². The second-order valence-corrected chi connectivity index (χ2v) is 4.47. The molecule has 4 nitrogen and oxygen atoms in total. The Bertz CT molecular complexity index is 406. The van der Waals surface area contributed by atoms with Crippen molar-refractivity contribution in [3.05, 3.63) is 35.4 Å². The Balaban J connectivity index is 2.20. The largest absolute Gasteiger partial charge is 0.481 e. The lowest BCUT2D eigenvalue weighted by atomic mass is 9.90. The maximum Gasteiger partial charge on any atom is 0.312 e. The molecule has 0 aliphatic carbocycles. The van der Waals surface area contributed by atoms with Crippen molar-refractivity contribution in [2.45, 2.75) is 18.9 Å². The van der Waals surface area contributed by atoms with Crippen LogP contribution in [0.4, 0.5) is 0 Å². The number of carboxylic acid groups (broad SMARTS) is 1. The highest BCUT2D eigenvalue weighted by Gasteiger charge is 2.29. The van der Waals surface area contributed by atoms with Crippen molar-refractivity contribution in [3.8, 4) is 0 Å². The molecule has 0 saturated carbocycles. The molecule has 1 aromatic carbocycles. The zero-order chi connectivity index (χ0) is 12.3. The van der Waals surface area contributed by atoms with E-state index in [1.165, 1.54) is 0 Å². The lowest BCUT2D eigenvalue weighted by Crippen LogP contribution is -2.37. The predicted molar refractivity (Wildman–Crippen MR) is 65.8 cm³/mol. The van der Waals surface area contributed by atoms with E-state index < -0.39 is 11.9 Å². The van der Waals surface area contributed by atoms with E-state index in [4.69, 9.17) is 5.73 Å². The summed E-state index contributed by atoms with van der Waals surface area (Å²) in [7, 11) is 0. The minimum Gasteiger partial charge on any atom is -0.481 e. The first-order chi connectivity index (χ1) is 8.22. The van der Waals surface area contributed by atoms with E-state index >= 15 is 0 Å². The van der Waals surface area contributed by atoms with Crippen molar-refractivity contribution in [1.82, 2.24) is 4.90 Å². The number of fused-ring (bicyclic) bond motifs is 1. The molecular formula is C13H18N2O2. The number of nitrogens with zero attached hydrogens (tertiary/aromatic N) is 1. The Labute approximate surface area is 101 Å². The van der Waals surface area contributed by atoms with Gasteiger partial charge in [-0.3, -0.25) is 9.69 Å². The summed E-state index contributed by atoms with van der Waals surface area (Å²) in [6, 6.07) is 7.81. The van der Waals surface area contributed by atoms with Crippen LogP contribution in [0.2, 0.25) is 0 Å². The van der Waals surface area contributed by atoms with Gasteiger partial charge in [-0.25, -0.2) is 0 Å². The van der Waals surface area contributed by atoms with Gasteiger partial charge >= 0.3 is 5.97 Å². The van der Waals surface area contributed by atoms with E-state index in [0.717, 1.165) is 30.6 Å². The smallest absolute Gasteiger partial charge is 0.312 e. The Morgan fingerprint density at radius 1 is 1.47 bits per heavy atom. The molecule has 92 valence electrons. The molecule has 1 heterocycles. The van der Waals surface area contributed by atoms with Crippen molar-refractivity contribution in [1.29, 1.82) is 0 Å². The average molecular weight is 234 g/mol. The Hall–Kier alpha value is -1.39. The van der Waals surface area contributed by atoms with Gasteiger partial charge in [0.05, 0.1) is 5.92 Å². The molecule has 1 aliphatic rings. The molecule has 4 heteroatoms. The summed E-state index contributed by atoms with van der Waals surface area (Å²) in [4.78, 5) is 13.5. The quantitative estimate of drug-likeness (QED) is 0.816. The van der Waals surface area contributed by atoms with Gasteiger partial charge in [0, 0.05) is 13.1 Å². The van der Waals surface area contributed by atoms with Crippen molar-refractivity contribution in [2.75, 3.05) is 19.6 Å². The van der Waals surface area contributed by atoms with Gasteiger partial charge in [-0.1, -0.05) is 24.3 Å². The molecule has 0 saturated heterocycles. The number of carboxylic acids is 1. The maximum absolute atomic E-state index is 11.3. The molecule has 0 radical (unpaired) electrons. The number of nitrogens with two attached hydrogens (primary N) is 1. The maximum atomic E-state index is 11.3. The van der Waals surface area contributed by atoms with Crippen LogP contribution in [-0.2, 0) is 11.3 Å². The highest BCUT2D eigenvalue weighted by Crippen LogP contribution is 2.28. The topological polar surface area (TPSA) is 66.6 Å². The van der Waals surface area contributed by atoms with Crippen molar-refractivity contribution < 1.29 is 9.90 Å². The van der Waals surface area contributed by atoms with Gasteiger partial charge in [-0.2, -0.15) is 0 Å². The Morgan fingerprint density at radius 2 is 2.24 bits per heavy atom. The molecule has 1 atom stereocenters. The SMILES string of the molecule is NCCCN1Cc2ccccc2C(C(=O)O)C1. The summed E-state index contributed by atoms with van der Waals surface area (Å²) >= 11 is 0. The summed E-state index contributed by atoms with van der Waals surface area (Å²) in [5, 5.41) is 9.28. The van der Waals surface area contributed by atoms with Crippen LogP contribution in [0.1, 0.15) is 23.5 Å². The molecule has 0 spiro atoms. The molecule has 2 rings (SSSR count). The second kappa shape index (κ2) is 5.29. The van der Waals surface area contributed by atoms with Gasteiger partial charge in [0.1, 0.15) is 0 Å². The van der Waals surface area contributed by atoms with E-state index in [1.807, 2.05) is 24.3 Å². The van der Waals surface area contributed by atoms with Crippen molar-refractivity contribution in [2.24, 2.45) is 5.73 Å². The number of carbonyl (C=O) groups is 1. The van der Waals surface area contributed by atoms with Crippen LogP contribution >= 0.6 is 0 Å². The molecule has 17 heavy (non-hydrogen) atoms. The summed E-state index contributed by atoms with van der Waals surface area (Å²) in [5.41, 5.74) is 7.58. The molecule has 1 aromatic rings. The molecule has 1 aliphatic heterocycles. The van der Waals surface area contributed by atoms with Gasteiger partial charge in [0.15, 0.2) is 0 Å². The summed E-state index contributed by atoms with van der Waals surface area (Å²) in [6.07, 6.45) is 0.911. The fourth-order valence-corrected chi connectivity index (χ4v) is 2.38. The van der Waals surface area contributed by atoms with Crippen LogP contribution in [0.25, 0.3) is 0 Å². The first-order valence-electron chi connectivity index (χ1n) is 5.95. The zero-order valence-corrected chi connectivity index (χ0v) is 9.80. The lowest BCUT2D eigenvalue weighted by molar-refractivity contribution is -0.139. The third-order valence-corrected chi connectivity index (χ3v) is 3.24. The fraction of sp³-hybridized carbons (Fsp3) is 0.462. The van der Waals surface area contributed by atoms with E-state index in [0.29, 0.717) is 13.1 Å². The number of benzene rings is 1. The van der Waals surface area contributed by atoms with Gasteiger partial charge < -0.3 is 10.8 Å². The van der Waals surface area contributed by atoms with Gasteiger partial charge in [0.25, 0.3) is 0 Å². The predicted octanol–water partition coefficient (Wildman–Crippen LogP) is 1.02. The zero-order valence-electron chi connectivity index (χ0n) is 9.80. The van der Waals surface area contributed by atoms with E-state index in [9.17, 15) is 9.90 Å². The van der Waals surface area contributed by atoms with Crippen LogP contribution in [-0.4, -0.2) is 35.6 Å². The van der Waals surface area contributed by atoms with Crippen LogP contribution in [0, 0.1) is 0 Å². The molecule has 0 fully saturated rings. The van der Waals surface area contributed by atoms with Crippen LogP contribution in [0.3, 0.4) is 0 Å². The molecule has 1 unspecified atom stereocenters. The third kappa shape index (κ3) is 2.65. The number of rotatable bonds is 4. The normalized spacial score (nSPS) is 19.9. The lowest BCUT2D eigenvalue weighted by Gasteiger charge is -2.32. The number of hydrogen-bond donors (Lipinski definition) is 2. The number of aliphatic carboxylic acids is 1. The molecule has 0 aromatic heterocycles. The van der Waals surface area contributed by atoms with Crippen LogP contribution < -0.4 is 5.73 Å². The van der Waals surface area contributed by atoms with E-state index in [1.54, 1.807) is 0 Å². The first-order valence-corrected chi connectivity index (χ1v) is 5.95. The molecule has 3 N–H and O–H groups in total. The number of hydrogen-bond acceptors (Lipinski definition) is 3.